The third kappa shape index (κ3) is 19.6. The Hall–Kier alpha value is -5.38. The Balaban J connectivity index is 4.27. The molecule has 1 fully saturated rings. The number of rotatable bonds is 15. The van der Waals surface area contributed by atoms with E-state index in [2.05, 4.69) is 26.6 Å². The second-order valence-corrected chi connectivity index (χ2v) is 23.0. The molecule has 0 spiro atoms. The highest BCUT2D eigenvalue weighted by atomic mass is 16.6. The highest BCUT2D eigenvalue weighted by molar-refractivity contribution is 5.98. The molecule has 22 nitrogen and oxygen atoms in total. The highest BCUT2D eigenvalue weighted by Gasteiger charge is 2.44. The Morgan fingerprint density at radius 2 is 1.08 bits per heavy atom. The van der Waals surface area contributed by atoms with E-state index in [-0.39, 0.29) is 42.9 Å². The molecule has 0 radical (unpaired) electrons. The monoisotopic (exact) mass is 1080 g/mol. The van der Waals surface area contributed by atoms with Crippen molar-refractivity contribution in [1.29, 1.82) is 0 Å². The fourth-order valence-electron chi connectivity index (χ4n) is 8.97. The molecule has 1 aliphatic rings. The molecule has 0 aromatic heterocycles. The van der Waals surface area contributed by atoms with Crippen LogP contribution in [-0.4, -0.2) is 180 Å². The summed E-state index contributed by atoms with van der Waals surface area (Å²) in [5.74, 6) is -11.5. The standard InChI is InChI=1S/C54H96N8O14/c1-22-32(14)40(55-18)47(66)59-42-35(17)74-52(71)37(24-27(4)5)61(20)49(68)33(15)56-48(67)43(30(10)11)62(21)51(70)41(34(16)63)58-45(64)36(23-26(2)3)60(19)50(69)39(29(8)9)57-46(65)38(25-28(6)7)75-54(73)44(31(12)13)76-53(42)72/h26-44,55,63H,22-25H2,1-21H3,(H,56,67)(H,57,65)(H,58,64)(H,59,66)/t32-,33-,34+,35+,36-,37-,38-,39-,40-,41-,42-,43-,44-/m0/s1. The Kier molecular flexibility index (Phi) is 28.1. The van der Waals surface area contributed by atoms with Crippen molar-refractivity contribution in [1.82, 2.24) is 41.3 Å². The second-order valence-electron chi connectivity index (χ2n) is 23.0. The third-order valence-corrected chi connectivity index (χ3v) is 13.7. The Morgan fingerprint density at radius 3 is 1.54 bits per heavy atom. The number of nitrogens with one attached hydrogen (secondary N) is 5. The number of aliphatic hydroxyl groups is 1. The lowest BCUT2D eigenvalue weighted by Gasteiger charge is -2.37. The number of hydrogen-bond acceptors (Lipinski definition) is 15. The van der Waals surface area contributed by atoms with Gasteiger partial charge in [0.2, 0.25) is 41.5 Å². The molecule has 6 N–H and O–H groups in total. The maximum absolute atomic E-state index is 14.5. The number of amides is 7. The van der Waals surface area contributed by atoms with E-state index in [0.717, 1.165) is 14.7 Å². The van der Waals surface area contributed by atoms with Gasteiger partial charge in [-0.25, -0.2) is 14.4 Å². The van der Waals surface area contributed by atoms with Gasteiger partial charge < -0.3 is 60.6 Å². The number of esters is 3. The molecule has 0 unspecified atom stereocenters. The highest BCUT2D eigenvalue weighted by Crippen LogP contribution is 2.22. The van der Waals surface area contributed by atoms with Crippen molar-refractivity contribution in [3.63, 3.8) is 0 Å². The lowest BCUT2D eigenvalue weighted by molar-refractivity contribution is -0.181. The van der Waals surface area contributed by atoms with Crippen LogP contribution in [0, 0.1) is 41.4 Å². The van der Waals surface area contributed by atoms with Crippen LogP contribution < -0.4 is 26.6 Å². The van der Waals surface area contributed by atoms with Crippen molar-refractivity contribution in [2.75, 3.05) is 28.2 Å². The van der Waals surface area contributed by atoms with Crippen molar-refractivity contribution in [2.45, 2.75) is 216 Å². The summed E-state index contributed by atoms with van der Waals surface area (Å²) in [5.41, 5.74) is 0. The maximum atomic E-state index is 14.5. The van der Waals surface area contributed by atoms with Gasteiger partial charge in [0, 0.05) is 27.1 Å². The first-order chi connectivity index (χ1) is 35.0. The van der Waals surface area contributed by atoms with Gasteiger partial charge in [0.25, 0.3) is 5.91 Å². The summed E-state index contributed by atoms with van der Waals surface area (Å²) in [6.45, 7) is 28.3. The Morgan fingerprint density at radius 1 is 0.579 bits per heavy atom. The number of carbonyl (C=O) groups is 10. The maximum Gasteiger partial charge on any atom is 0.348 e. The number of carbonyl (C=O) groups excluding carboxylic acids is 10. The van der Waals surface area contributed by atoms with Crippen LogP contribution >= 0.6 is 0 Å². The quantitative estimate of drug-likeness (QED) is 0.101. The van der Waals surface area contributed by atoms with E-state index in [9.17, 15) is 53.1 Å². The Bertz CT molecular complexity index is 1990. The third-order valence-electron chi connectivity index (χ3n) is 13.7. The number of cyclic esters (lactones) is 3. The molecule has 76 heavy (non-hydrogen) atoms. The molecule has 1 heterocycles. The number of nitrogens with zero attached hydrogens (tertiary/aromatic N) is 3. The summed E-state index contributed by atoms with van der Waals surface area (Å²) < 4.78 is 17.6. The van der Waals surface area contributed by atoms with Gasteiger partial charge >= 0.3 is 17.9 Å². The Labute approximate surface area is 452 Å². The molecule has 1 aliphatic heterocycles. The van der Waals surface area contributed by atoms with Gasteiger partial charge in [-0.2, -0.15) is 0 Å². The normalized spacial score (nSPS) is 27.7. The minimum Gasteiger partial charge on any atom is -0.458 e. The second kappa shape index (κ2) is 31.1. The van der Waals surface area contributed by atoms with E-state index in [4.69, 9.17) is 14.2 Å². The van der Waals surface area contributed by atoms with E-state index in [1.54, 1.807) is 76.3 Å². The number of likely N-dealkylation sites (N-methyl/N-ethyl adjacent to an activating group) is 4. The van der Waals surface area contributed by atoms with Crippen molar-refractivity contribution in [3.05, 3.63) is 0 Å². The summed E-state index contributed by atoms with van der Waals surface area (Å²) in [4.78, 5) is 146. The fraction of sp³-hybridized carbons (Fsp3) is 0.815. The average Bonchev–Trinajstić information content (AvgIpc) is 3.31. The van der Waals surface area contributed by atoms with E-state index >= 15 is 0 Å². The van der Waals surface area contributed by atoms with Crippen molar-refractivity contribution < 1.29 is 67.3 Å². The van der Waals surface area contributed by atoms with Crippen LogP contribution in [0.4, 0.5) is 0 Å². The summed E-state index contributed by atoms with van der Waals surface area (Å²) in [6.07, 6.45) is -5.53. The number of aliphatic hydroxyl groups excluding tert-OH is 1. The largest absolute Gasteiger partial charge is 0.458 e. The predicted molar refractivity (Wildman–Crippen MR) is 285 cm³/mol. The van der Waals surface area contributed by atoms with Crippen LogP contribution in [0.25, 0.3) is 0 Å². The van der Waals surface area contributed by atoms with Gasteiger partial charge in [0.1, 0.15) is 42.4 Å². The summed E-state index contributed by atoms with van der Waals surface area (Å²) >= 11 is 0. The van der Waals surface area contributed by atoms with Crippen molar-refractivity contribution in [2.24, 2.45) is 41.4 Å². The molecule has 0 saturated carbocycles. The summed E-state index contributed by atoms with van der Waals surface area (Å²) in [6, 6.07) is -10.6. The van der Waals surface area contributed by atoms with Crippen LogP contribution in [-0.2, 0) is 62.2 Å². The van der Waals surface area contributed by atoms with Crippen LogP contribution in [0.15, 0.2) is 0 Å². The molecule has 0 aliphatic carbocycles. The minimum absolute atomic E-state index is 0.0357. The van der Waals surface area contributed by atoms with E-state index < -0.39 is 150 Å². The summed E-state index contributed by atoms with van der Waals surface area (Å²) in [7, 11) is 5.61. The van der Waals surface area contributed by atoms with Gasteiger partial charge in [-0.15, -0.1) is 0 Å². The molecule has 0 aromatic carbocycles. The molecule has 7 amide bonds. The van der Waals surface area contributed by atoms with Gasteiger partial charge in [-0.1, -0.05) is 103 Å². The van der Waals surface area contributed by atoms with Crippen LogP contribution in [0.5, 0.6) is 0 Å². The molecule has 0 bridgehead atoms. The number of ether oxygens (including phenoxy) is 3. The van der Waals surface area contributed by atoms with E-state index in [0.29, 0.717) is 6.42 Å². The smallest absolute Gasteiger partial charge is 0.348 e. The molecule has 436 valence electrons. The summed E-state index contributed by atoms with van der Waals surface area (Å²) in [5, 5.41) is 24.6. The predicted octanol–water partition coefficient (Wildman–Crippen LogP) is 2.32. The SMILES string of the molecule is CC[C@H](C)[C@H](NC)C(=O)N[C@@H]1C(=O)O[C@@H](C(C)C)C(=O)O[C@@H](CC(C)C)C(=O)N[C@@H](C(C)C)C(=O)N(C)[C@@H](CC(C)C)C(=O)N[C@@H]([C@@H](C)O)C(=O)N(C)[C@@H](C(C)C)C(=O)N[C@@H](C)C(=O)N(C)[C@@H](CC(C)C)C(=O)O[C@@H]1C. The minimum atomic E-state index is -1.73. The molecule has 1 saturated heterocycles. The molecular weight excluding hydrogens is 985 g/mol. The first-order valence-electron chi connectivity index (χ1n) is 27.0. The first-order valence-corrected chi connectivity index (χ1v) is 27.0. The van der Waals surface area contributed by atoms with Gasteiger partial charge in [-0.3, -0.25) is 33.6 Å². The molecule has 13 atom stereocenters. The van der Waals surface area contributed by atoms with Crippen LogP contribution in [0.1, 0.15) is 143 Å². The first kappa shape index (κ1) is 68.6. The fourth-order valence-corrected chi connectivity index (χ4v) is 8.97. The van der Waals surface area contributed by atoms with Gasteiger partial charge in [0.05, 0.1) is 12.1 Å². The molecule has 0 aromatic rings. The van der Waals surface area contributed by atoms with Gasteiger partial charge in [0.15, 0.2) is 12.1 Å². The lowest BCUT2D eigenvalue weighted by atomic mass is 9.97. The van der Waals surface area contributed by atoms with Gasteiger partial charge in [-0.05, 0) is 82.6 Å². The van der Waals surface area contributed by atoms with E-state index in [1.807, 2.05) is 27.7 Å². The molecule has 1 rings (SSSR count). The molecular formula is C54H96N8O14. The number of hydrogen-bond donors (Lipinski definition) is 6. The lowest BCUT2D eigenvalue weighted by Crippen LogP contribution is -2.63. The van der Waals surface area contributed by atoms with Crippen LogP contribution in [0.2, 0.25) is 0 Å². The zero-order valence-electron chi connectivity index (χ0n) is 49.4. The topological polar surface area (TPSA) is 288 Å². The zero-order valence-corrected chi connectivity index (χ0v) is 49.4. The zero-order chi connectivity index (χ0) is 59.0. The van der Waals surface area contributed by atoms with Crippen LogP contribution in [0.3, 0.4) is 0 Å². The van der Waals surface area contributed by atoms with E-state index in [1.165, 1.54) is 41.9 Å². The average molecular weight is 1080 g/mol. The van der Waals surface area contributed by atoms with Crippen molar-refractivity contribution in [3.8, 4) is 0 Å². The molecule has 22 heteroatoms. The van der Waals surface area contributed by atoms with Crippen molar-refractivity contribution >= 4 is 59.3 Å².